The summed E-state index contributed by atoms with van der Waals surface area (Å²) in [5, 5.41) is 11.3. The second-order valence-electron chi connectivity index (χ2n) is 2.56. The number of hydrogen-bond acceptors (Lipinski definition) is 4. The van der Waals surface area contributed by atoms with Gasteiger partial charge in [-0.2, -0.15) is 0 Å². The molecule has 1 atom stereocenters. The van der Waals surface area contributed by atoms with E-state index in [2.05, 4.69) is 15.3 Å². The molecule has 0 aliphatic carbocycles. The number of aliphatic hydroxyl groups is 1. The number of amides is 1. The molecule has 1 heterocycles. The van der Waals surface area contributed by atoms with Crippen LogP contribution in [0.3, 0.4) is 0 Å². The molecule has 1 rings (SSSR count). The molecule has 0 aliphatic rings. The molecule has 5 heteroatoms. The maximum atomic E-state index is 10.9. The van der Waals surface area contributed by atoms with Gasteiger partial charge in [0.25, 0.3) is 0 Å². The Labute approximate surface area is 75.8 Å². The first-order valence-corrected chi connectivity index (χ1v) is 3.92. The molecule has 1 aromatic rings. The van der Waals surface area contributed by atoms with Gasteiger partial charge in [0.1, 0.15) is 11.9 Å². The van der Waals surface area contributed by atoms with Crippen LogP contribution in [0.25, 0.3) is 0 Å². The molecule has 0 aromatic carbocycles. The normalized spacial score (nSPS) is 12.2. The molecule has 0 radical (unpaired) electrons. The van der Waals surface area contributed by atoms with Gasteiger partial charge in [0.05, 0.1) is 6.54 Å². The van der Waals surface area contributed by atoms with Gasteiger partial charge in [-0.3, -0.25) is 4.79 Å². The van der Waals surface area contributed by atoms with E-state index in [4.69, 9.17) is 5.11 Å². The monoisotopic (exact) mass is 181 g/mol. The maximum absolute atomic E-state index is 10.9. The first kappa shape index (κ1) is 9.60. The Morgan fingerprint density at radius 2 is 2.23 bits per heavy atom. The smallest absolute Gasteiger partial charge is 0.248 e. The van der Waals surface area contributed by atoms with Gasteiger partial charge in [-0.1, -0.05) is 0 Å². The van der Waals surface area contributed by atoms with E-state index in [0.717, 1.165) is 0 Å². The van der Waals surface area contributed by atoms with Crippen LogP contribution in [0.15, 0.2) is 18.5 Å². The lowest BCUT2D eigenvalue weighted by atomic mass is 10.4. The van der Waals surface area contributed by atoms with Crippen molar-refractivity contribution in [3.63, 3.8) is 0 Å². The molecule has 0 spiro atoms. The lowest BCUT2D eigenvalue weighted by Gasteiger charge is -2.04. The Kier molecular flexibility index (Phi) is 3.33. The summed E-state index contributed by atoms with van der Waals surface area (Å²) >= 11 is 0. The number of nitrogens with one attached hydrogen (secondary N) is 1. The zero-order valence-corrected chi connectivity index (χ0v) is 7.27. The summed E-state index contributed by atoms with van der Waals surface area (Å²) in [6.07, 6.45) is 2.19. The Hall–Kier alpha value is -1.49. The van der Waals surface area contributed by atoms with Gasteiger partial charge in [-0.15, -0.1) is 0 Å². The number of aromatic nitrogens is 2. The van der Waals surface area contributed by atoms with Crippen LogP contribution in [-0.2, 0) is 11.3 Å². The van der Waals surface area contributed by atoms with Crippen LogP contribution in [0.5, 0.6) is 0 Å². The molecular weight excluding hydrogens is 170 g/mol. The zero-order chi connectivity index (χ0) is 9.68. The lowest BCUT2D eigenvalue weighted by molar-refractivity contribution is -0.128. The Morgan fingerprint density at radius 3 is 2.77 bits per heavy atom. The fourth-order valence-electron chi connectivity index (χ4n) is 0.735. The predicted octanol–water partition coefficient (Wildman–Crippen LogP) is -0.526. The summed E-state index contributed by atoms with van der Waals surface area (Å²) in [4.78, 5) is 18.7. The first-order valence-electron chi connectivity index (χ1n) is 3.92. The van der Waals surface area contributed by atoms with Crippen molar-refractivity contribution in [2.75, 3.05) is 0 Å². The first-order chi connectivity index (χ1) is 6.20. The number of rotatable bonds is 3. The van der Waals surface area contributed by atoms with Gasteiger partial charge in [-0.05, 0) is 13.0 Å². The number of nitrogens with zero attached hydrogens (tertiary/aromatic N) is 2. The Balaban J connectivity index is 2.40. The maximum Gasteiger partial charge on any atom is 0.248 e. The van der Waals surface area contributed by atoms with E-state index >= 15 is 0 Å². The highest BCUT2D eigenvalue weighted by molar-refractivity contribution is 5.79. The fourth-order valence-corrected chi connectivity index (χ4v) is 0.735. The van der Waals surface area contributed by atoms with Gasteiger partial charge in [0.2, 0.25) is 5.91 Å². The molecule has 13 heavy (non-hydrogen) atoms. The molecule has 0 saturated carbocycles. The van der Waals surface area contributed by atoms with Crippen LogP contribution in [-0.4, -0.2) is 27.1 Å². The van der Waals surface area contributed by atoms with E-state index < -0.39 is 12.0 Å². The van der Waals surface area contributed by atoms with E-state index in [9.17, 15) is 4.79 Å². The van der Waals surface area contributed by atoms with Crippen molar-refractivity contribution in [3.8, 4) is 0 Å². The quantitative estimate of drug-likeness (QED) is 0.657. The third-order valence-corrected chi connectivity index (χ3v) is 1.42. The molecular formula is C8H11N3O2. The Bertz CT molecular complexity index is 274. The minimum absolute atomic E-state index is 0.241. The number of aliphatic hydroxyl groups excluding tert-OH is 1. The van der Waals surface area contributed by atoms with Gasteiger partial charge < -0.3 is 10.4 Å². The Morgan fingerprint density at radius 1 is 1.62 bits per heavy atom. The van der Waals surface area contributed by atoms with E-state index in [-0.39, 0.29) is 6.54 Å². The number of carbonyl (C=O) groups excluding carboxylic acids is 1. The molecule has 1 aromatic heterocycles. The van der Waals surface area contributed by atoms with Crippen LogP contribution in [0.2, 0.25) is 0 Å². The molecule has 2 N–H and O–H groups in total. The second kappa shape index (κ2) is 4.51. The average molecular weight is 181 g/mol. The summed E-state index contributed by atoms with van der Waals surface area (Å²) in [7, 11) is 0. The minimum atomic E-state index is -0.997. The van der Waals surface area contributed by atoms with Crippen LogP contribution >= 0.6 is 0 Å². The average Bonchev–Trinajstić information content (AvgIpc) is 2.15. The molecule has 0 bridgehead atoms. The van der Waals surface area contributed by atoms with Crippen molar-refractivity contribution in [1.82, 2.24) is 15.3 Å². The van der Waals surface area contributed by atoms with E-state index in [1.807, 2.05) is 0 Å². The molecule has 1 amide bonds. The number of carbonyl (C=O) groups is 1. The van der Waals surface area contributed by atoms with Gasteiger partial charge in [0.15, 0.2) is 0 Å². The fraction of sp³-hybridized carbons (Fsp3) is 0.375. The van der Waals surface area contributed by atoms with E-state index in [1.165, 1.54) is 6.92 Å². The molecule has 0 fully saturated rings. The molecule has 5 nitrogen and oxygen atoms in total. The summed E-state index contributed by atoms with van der Waals surface area (Å²) in [6.45, 7) is 1.64. The summed E-state index contributed by atoms with van der Waals surface area (Å²) < 4.78 is 0. The molecule has 0 unspecified atom stereocenters. The predicted molar refractivity (Wildman–Crippen MR) is 45.6 cm³/mol. The van der Waals surface area contributed by atoms with E-state index in [0.29, 0.717) is 5.82 Å². The van der Waals surface area contributed by atoms with Crippen LogP contribution in [0.4, 0.5) is 0 Å². The minimum Gasteiger partial charge on any atom is -0.384 e. The van der Waals surface area contributed by atoms with Crippen LogP contribution in [0.1, 0.15) is 12.7 Å². The van der Waals surface area contributed by atoms with Crippen molar-refractivity contribution in [3.05, 3.63) is 24.3 Å². The van der Waals surface area contributed by atoms with Crippen molar-refractivity contribution >= 4 is 5.91 Å². The summed E-state index contributed by atoms with van der Waals surface area (Å²) in [5.41, 5.74) is 0. The third kappa shape index (κ3) is 3.16. The molecule has 0 aliphatic heterocycles. The van der Waals surface area contributed by atoms with Crippen LogP contribution in [0, 0.1) is 0 Å². The topological polar surface area (TPSA) is 75.1 Å². The molecule has 0 saturated heterocycles. The van der Waals surface area contributed by atoms with Crippen molar-refractivity contribution in [2.45, 2.75) is 19.6 Å². The summed E-state index contributed by atoms with van der Waals surface area (Å²) in [6, 6.07) is 1.69. The molecule has 70 valence electrons. The van der Waals surface area contributed by atoms with Crippen LogP contribution < -0.4 is 5.32 Å². The largest absolute Gasteiger partial charge is 0.384 e. The summed E-state index contributed by atoms with van der Waals surface area (Å²) in [5.74, 6) is 0.101. The van der Waals surface area contributed by atoms with Crippen molar-refractivity contribution < 1.29 is 9.90 Å². The van der Waals surface area contributed by atoms with Gasteiger partial charge >= 0.3 is 0 Å². The standard InChI is InChI=1S/C8H11N3O2/c1-6(12)8(13)11-5-7-9-3-2-4-10-7/h2-4,6,12H,5H2,1H3,(H,11,13)/t6-/m1/s1. The van der Waals surface area contributed by atoms with Crippen molar-refractivity contribution in [2.24, 2.45) is 0 Å². The van der Waals surface area contributed by atoms with Gasteiger partial charge in [0, 0.05) is 12.4 Å². The third-order valence-electron chi connectivity index (χ3n) is 1.42. The zero-order valence-electron chi connectivity index (χ0n) is 7.27. The van der Waals surface area contributed by atoms with E-state index in [1.54, 1.807) is 18.5 Å². The van der Waals surface area contributed by atoms with Crippen molar-refractivity contribution in [1.29, 1.82) is 0 Å². The highest BCUT2D eigenvalue weighted by Gasteiger charge is 2.07. The lowest BCUT2D eigenvalue weighted by Crippen LogP contribution is -2.32. The second-order valence-corrected chi connectivity index (χ2v) is 2.56. The highest BCUT2D eigenvalue weighted by atomic mass is 16.3. The SMILES string of the molecule is C[C@@H](O)C(=O)NCc1ncccn1. The number of hydrogen-bond donors (Lipinski definition) is 2. The highest BCUT2D eigenvalue weighted by Crippen LogP contribution is 1.87. The van der Waals surface area contributed by atoms with Gasteiger partial charge in [-0.25, -0.2) is 9.97 Å².